The van der Waals surface area contributed by atoms with Crippen LogP contribution in [0.3, 0.4) is 0 Å². The molecule has 6 heteroatoms. The quantitative estimate of drug-likeness (QED) is 0.144. The van der Waals surface area contributed by atoms with E-state index in [4.69, 9.17) is 30.6 Å². The summed E-state index contributed by atoms with van der Waals surface area (Å²) in [5, 5.41) is 42.0. The Labute approximate surface area is 651 Å². The highest BCUT2D eigenvalue weighted by Gasteiger charge is 1.02. The molecule has 6 N–H and O–H groups in total. The number of hydrogen-bond donors (Lipinski definition) is 6. The van der Waals surface area contributed by atoms with Gasteiger partial charge in [-0.25, -0.2) is 0 Å². The van der Waals surface area contributed by atoms with E-state index in [-0.39, 0.29) is 0 Å². The SMILES string of the molecule is CC.CC.CC.CC.CC.CC.CC.CC.CC.CC.CC.CC.CC.CC.CC.CC.CC.CC.CC.CC.CC.CC.CC.CC.CC.CC.CC.CC.CC.CC.CC.CC.CC.CC.CC.CC.CC.CC.CC.CC.CC.CC.CO.CO.CO.CO.CO.CO. The molecule has 0 aliphatic rings. The summed E-state index contributed by atoms with van der Waals surface area (Å²) in [7, 11) is 6.00. The summed E-state index contributed by atoms with van der Waals surface area (Å²) in [6.45, 7) is 168. The van der Waals surface area contributed by atoms with Crippen molar-refractivity contribution in [2.45, 2.75) is 582 Å². The predicted molar refractivity (Wildman–Crippen MR) is 525 cm³/mol. The minimum atomic E-state index is 1.00. The summed E-state index contributed by atoms with van der Waals surface area (Å²) in [5.74, 6) is 0. The molecule has 0 aromatic rings. The third-order valence-corrected chi connectivity index (χ3v) is 0. The van der Waals surface area contributed by atoms with Crippen LogP contribution in [0.5, 0.6) is 0 Å². The van der Waals surface area contributed by atoms with Crippen molar-refractivity contribution in [3.8, 4) is 0 Å². The van der Waals surface area contributed by atoms with Gasteiger partial charge in [-0.1, -0.05) is 582 Å². The summed E-state index contributed by atoms with van der Waals surface area (Å²) in [5.41, 5.74) is 0. The zero-order valence-corrected chi connectivity index (χ0v) is 92.7. The maximum absolute atomic E-state index is 7.00. The summed E-state index contributed by atoms with van der Waals surface area (Å²) in [4.78, 5) is 0. The van der Waals surface area contributed by atoms with E-state index >= 15 is 0 Å². The molecular formula is C90H276O6. The van der Waals surface area contributed by atoms with Crippen LogP contribution in [0.25, 0.3) is 0 Å². The van der Waals surface area contributed by atoms with Gasteiger partial charge < -0.3 is 30.6 Å². The van der Waals surface area contributed by atoms with Crippen molar-refractivity contribution < 1.29 is 30.6 Å². The van der Waals surface area contributed by atoms with E-state index in [0.717, 1.165) is 42.7 Å². The predicted octanol–water partition coefficient (Wildman–Crippen LogP) is 40.8. The van der Waals surface area contributed by atoms with E-state index in [1.165, 1.54) is 0 Å². The van der Waals surface area contributed by atoms with E-state index in [1.54, 1.807) is 0 Å². The lowest BCUT2D eigenvalue weighted by molar-refractivity contribution is 0.399. The van der Waals surface area contributed by atoms with Crippen molar-refractivity contribution in [2.24, 2.45) is 0 Å². The van der Waals surface area contributed by atoms with Crippen LogP contribution >= 0.6 is 0 Å². The summed E-state index contributed by atoms with van der Waals surface area (Å²) < 4.78 is 0. The molecule has 0 aromatic carbocycles. The van der Waals surface area contributed by atoms with Crippen LogP contribution in [0.1, 0.15) is 582 Å². The Kier molecular flexibility index (Phi) is 56800000. The van der Waals surface area contributed by atoms with Crippen LogP contribution < -0.4 is 0 Å². The van der Waals surface area contributed by atoms with Crippen molar-refractivity contribution >= 4 is 0 Å². The third kappa shape index (κ3) is 14000000. The van der Waals surface area contributed by atoms with Gasteiger partial charge in [0.15, 0.2) is 0 Å². The molecule has 0 saturated carbocycles. The summed E-state index contributed by atoms with van der Waals surface area (Å²) in [6, 6.07) is 0. The second-order valence-electron chi connectivity index (χ2n) is 0. The molecule has 0 aliphatic carbocycles. The monoisotopic (exact) mass is 1450 g/mol. The van der Waals surface area contributed by atoms with Crippen molar-refractivity contribution in [2.75, 3.05) is 42.7 Å². The molecule has 672 valence electrons. The molecule has 0 atom stereocenters. The lowest BCUT2D eigenvalue weighted by Crippen LogP contribution is -1.25. The molecule has 0 bridgehead atoms. The molecule has 0 unspecified atom stereocenters. The zero-order chi connectivity index (χ0) is 96.0. The zero-order valence-electron chi connectivity index (χ0n) is 92.7. The Morgan fingerprint density at radius 2 is 0.0417 bits per heavy atom. The minimum Gasteiger partial charge on any atom is -0.400 e. The minimum absolute atomic E-state index is 1.00. The maximum atomic E-state index is 7.00. The van der Waals surface area contributed by atoms with Crippen molar-refractivity contribution in [1.82, 2.24) is 0 Å². The van der Waals surface area contributed by atoms with Crippen LogP contribution in [0.2, 0.25) is 0 Å². The standard InChI is InChI=1S/42C2H6.6CH4O/c48*1-2/h42*1-2H3;6*2H,1H3. The second kappa shape index (κ2) is 14500000. The Hall–Kier alpha value is -0.240. The normalized spacial score (nSPS) is 3.00. The smallest absolute Gasteiger partial charge is 0.0319 e. The van der Waals surface area contributed by atoms with Gasteiger partial charge in [0.05, 0.1) is 0 Å². The van der Waals surface area contributed by atoms with Crippen LogP contribution in [0, 0.1) is 0 Å². The van der Waals surface area contributed by atoms with Gasteiger partial charge in [-0.15, -0.1) is 0 Å². The van der Waals surface area contributed by atoms with Gasteiger partial charge in [0.1, 0.15) is 0 Å². The first kappa shape index (κ1) is 377. The van der Waals surface area contributed by atoms with Crippen molar-refractivity contribution in [1.29, 1.82) is 0 Å². The molecule has 96 heavy (non-hydrogen) atoms. The fraction of sp³-hybridized carbons (Fsp3) is 1.00. The van der Waals surface area contributed by atoms with Crippen LogP contribution in [0.4, 0.5) is 0 Å². The molecule has 0 spiro atoms. The van der Waals surface area contributed by atoms with Crippen LogP contribution in [0.15, 0.2) is 0 Å². The van der Waals surface area contributed by atoms with Gasteiger partial charge in [-0.3, -0.25) is 0 Å². The first-order valence-corrected chi connectivity index (χ1v) is 44.7. The maximum Gasteiger partial charge on any atom is 0.0319 e. The molecule has 0 rings (SSSR count). The average Bonchev–Trinajstić information content (AvgIpc) is 3.84. The number of hydrogen-bond acceptors (Lipinski definition) is 6. The molecule has 0 fully saturated rings. The molecule has 6 nitrogen and oxygen atoms in total. The average molecular weight is 1460 g/mol. The molecular weight excluding hydrogens is 1180 g/mol. The van der Waals surface area contributed by atoms with Crippen LogP contribution in [-0.4, -0.2) is 73.3 Å². The Morgan fingerprint density at radius 1 is 0.0417 bits per heavy atom. The van der Waals surface area contributed by atoms with Gasteiger partial charge in [-0.2, -0.15) is 0 Å². The highest BCUT2D eigenvalue weighted by atomic mass is 16.2. The molecule has 0 aromatic heterocycles. The molecule has 0 amide bonds. The first-order chi connectivity index (χ1) is 48.0. The van der Waals surface area contributed by atoms with Gasteiger partial charge >= 0.3 is 0 Å². The molecule has 0 saturated heterocycles. The Bertz CT molecular complexity index is 32.4. The van der Waals surface area contributed by atoms with E-state index < -0.39 is 0 Å². The largest absolute Gasteiger partial charge is 0.400 e. The summed E-state index contributed by atoms with van der Waals surface area (Å²) in [6.07, 6.45) is 0. The molecule has 0 aliphatic heterocycles. The van der Waals surface area contributed by atoms with Crippen molar-refractivity contribution in [3.05, 3.63) is 0 Å². The van der Waals surface area contributed by atoms with Gasteiger partial charge in [0.2, 0.25) is 0 Å². The highest BCUT2D eigenvalue weighted by molar-refractivity contribution is 3.59. The highest BCUT2D eigenvalue weighted by Crippen LogP contribution is 1.23. The molecule has 0 radical (unpaired) electrons. The topological polar surface area (TPSA) is 121 Å². The second-order valence-corrected chi connectivity index (χ2v) is 0. The third-order valence-electron chi connectivity index (χ3n) is 0. The van der Waals surface area contributed by atoms with E-state index in [9.17, 15) is 0 Å². The van der Waals surface area contributed by atoms with E-state index in [0.29, 0.717) is 0 Å². The Morgan fingerprint density at radius 3 is 0.0417 bits per heavy atom. The fourth-order valence-electron chi connectivity index (χ4n) is 0. The van der Waals surface area contributed by atoms with Gasteiger partial charge in [0.25, 0.3) is 0 Å². The van der Waals surface area contributed by atoms with E-state index in [1.807, 2.05) is 582 Å². The van der Waals surface area contributed by atoms with Gasteiger partial charge in [-0.05, 0) is 0 Å². The Balaban J connectivity index is -0.00000000533. The first-order valence-electron chi connectivity index (χ1n) is 44.7. The number of aliphatic hydroxyl groups excluding tert-OH is 6. The lowest BCUT2D eigenvalue weighted by atomic mass is 11.0. The van der Waals surface area contributed by atoms with Crippen LogP contribution in [-0.2, 0) is 0 Å². The van der Waals surface area contributed by atoms with Crippen molar-refractivity contribution in [3.63, 3.8) is 0 Å². The molecule has 0 heterocycles. The lowest BCUT2D eigenvalue weighted by Gasteiger charge is -1.21. The van der Waals surface area contributed by atoms with E-state index in [2.05, 4.69) is 0 Å². The summed E-state index contributed by atoms with van der Waals surface area (Å²) >= 11 is 0. The van der Waals surface area contributed by atoms with Gasteiger partial charge in [0, 0.05) is 42.7 Å². The number of rotatable bonds is 0. The number of aliphatic hydroxyl groups is 6. The fourth-order valence-corrected chi connectivity index (χ4v) is 0.